The summed E-state index contributed by atoms with van der Waals surface area (Å²) in [5.41, 5.74) is 3.56. The molecule has 1 atom stereocenters. The molecule has 4 rings (SSSR count). The van der Waals surface area contributed by atoms with Gasteiger partial charge in [-0.15, -0.1) is 0 Å². The van der Waals surface area contributed by atoms with Crippen LogP contribution in [0.3, 0.4) is 0 Å². The molecule has 0 aliphatic rings. The van der Waals surface area contributed by atoms with E-state index in [4.69, 9.17) is 4.74 Å². The van der Waals surface area contributed by atoms with Crippen LogP contribution in [0.15, 0.2) is 79.1 Å². The summed E-state index contributed by atoms with van der Waals surface area (Å²) in [5, 5.41) is 26.6. The molecule has 0 radical (unpaired) electrons. The number of rotatable bonds is 6. The van der Waals surface area contributed by atoms with Gasteiger partial charge in [-0.1, -0.05) is 37.3 Å². The molecule has 156 valence electrons. The lowest BCUT2D eigenvalue weighted by atomic mass is 9.89. The van der Waals surface area contributed by atoms with Crippen molar-refractivity contribution in [1.82, 2.24) is 9.78 Å². The molecule has 0 amide bonds. The summed E-state index contributed by atoms with van der Waals surface area (Å²) in [7, 11) is 1.51. The van der Waals surface area contributed by atoms with Crippen molar-refractivity contribution in [2.75, 3.05) is 7.11 Å². The third-order valence-corrected chi connectivity index (χ3v) is 5.37. The minimum absolute atomic E-state index is 0.0449. The lowest BCUT2D eigenvalue weighted by Gasteiger charge is -2.19. The smallest absolute Gasteiger partial charge is 0.270 e. The maximum Gasteiger partial charge on any atom is 0.270 e. The quantitative estimate of drug-likeness (QED) is 0.340. The van der Waals surface area contributed by atoms with Gasteiger partial charge in [0.15, 0.2) is 0 Å². The van der Waals surface area contributed by atoms with Gasteiger partial charge in [-0.3, -0.25) is 10.1 Å². The van der Waals surface area contributed by atoms with E-state index in [1.165, 1.54) is 19.2 Å². The van der Waals surface area contributed by atoms with Gasteiger partial charge >= 0.3 is 0 Å². The molecule has 7 nitrogen and oxygen atoms in total. The van der Waals surface area contributed by atoms with E-state index in [1.54, 1.807) is 29.1 Å². The largest absolute Gasteiger partial charge is 0.507 e. The number of aromatic hydroxyl groups is 1. The van der Waals surface area contributed by atoms with Crippen molar-refractivity contribution in [3.05, 3.63) is 100 Å². The number of benzene rings is 3. The summed E-state index contributed by atoms with van der Waals surface area (Å²) in [6.07, 6.45) is 3.60. The van der Waals surface area contributed by atoms with E-state index >= 15 is 0 Å². The number of non-ortho nitro benzene ring substituents is 1. The summed E-state index contributed by atoms with van der Waals surface area (Å²) in [4.78, 5) is 10.7. The summed E-state index contributed by atoms with van der Waals surface area (Å²) in [5.74, 6) is 0.376. The zero-order valence-electron chi connectivity index (χ0n) is 17.1. The first-order valence-corrected chi connectivity index (χ1v) is 9.74. The van der Waals surface area contributed by atoms with Crippen molar-refractivity contribution >= 4 is 5.69 Å². The fraction of sp³-hybridized carbons (Fsp3) is 0.125. The number of phenols is 1. The molecule has 0 spiro atoms. The van der Waals surface area contributed by atoms with Crippen LogP contribution >= 0.6 is 0 Å². The Morgan fingerprint density at radius 3 is 2.52 bits per heavy atom. The van der Waals surface area contributed by atoms with E-state index in [0.29, 0.717) is 22.4 Å². The van der Waals surface area contributed by atoms with E-state index < -0.39 is 4.92 Å². The van der Waals surface area contributed by atoms with Crippen molar-refractivity contribution < 1.29 is 14.8 Å². The maximum atomic E-state index is 11.2. The van der Waals surface area contributed by atoms with E-state index in [-0.39, 0.29) is 17.4 Å². The molecular formula is C24H21N3O4. The van der Waals surface area contributed by atoms with Crippen LogP contribution in [0.5, 0.6) is 11.5 Å². The second-order valence-corrected chi connectivity index (χ2v) is 7.15. The van der Waals surface area contributed by atoms with Gasteiger partial charge < -0.3 is 9.84 Å². The van der Waals surface area contributed by atoms with Crippen molar-refractivity contribution in [3.8, 4) is 28.3 Å². The lowest BCUT2D eigenvalue weighted by Crippen LogP contribution is -2.01. The number of hydrogen-bond donors (Lipinski definition) is 1. The van der Waals surface area contributed by atoms with Gasteiger partial charge in [-0.05, 0) is 35.4 Å². The van der Waals surface area contributed by atoms with Crippen LogP contribution in [-0.4, -0.2) is 26.9 Å². The van der Waals surface area contributed by atoms with Crippen LogP contribution in [0.2, 0.25) is 0 Å². The summed E-state index contributed by atoms with van der Waals surface area (Å²) >= 11 is 0. The predicted molar refractivity (Wildman–Crippen MR) is 118 cm³/mol. The molecule has 1 N–H and O–H groups in total. The lowest BCUT2D eigenvalue weighted by molar-refractivity contribution is -0.384. The van der Waals surface area contributed by atoms with Crippen molar-refractivity contribution in [3.63, 3.8) is 0 Å². The number of aromatic nitrogens is 2. The molecule has 1 aromatic heterocycles. The first-order chi connectivity index (χ1) is 15.0. The predicted octanol–water partition coefficient (Wildman–Crippen LogP) is 5.31. The molecule has 0 saturated heterocycles. The molecular weight excluding hydrogens is 394 g/mol. The highest BCUT2D eigenvalue weighted by molar-refractivity contribution is 5.79. The van der Waals surface area contributed by atoms with Gasteiger partial charge in [0.25, 0.3) is 5.69 Å². The number of hydrogen-bond acceptors (Lipinski definition) is 5. The average molecular weight is 415 g/mol. The Labute approximate surface area is 179 Å². The monoisotopic (exact) mass is 415 g/mol. The fourth-order valence-electron chi connectivity index (χ4n) is 3.68. The van der Waals surface area contributed by atoms with Gasteiger partial charge in [0, 0.05) is 36.0 Å². The highest BCUT2D eigenvalue weighted by Crippen LogP contribution is 2.44. The number of ether oxygens (including phenoxy) is 1. The molecule has 0 aliphatic heterocycles. The number of nitro groups is 1. The van der Waals surface area contributed by atoms with E-state index in [9.17, 15) is 15.2 Å². The summed E-state index contributed by atoms with van der Waals surface area (Å²) < 4.78 is 7.22. The zero-order valence-corrected chi connectivity index (χ0v) is 17.1. The third-order valence-electron chi connectivity index (χ3n) is 5.37. The van der Waals surface area contributed by atoms with Crippen molar-refractivity contribution in [1.29, 1.82) is 0 Å². The fourth-order valence-corrected chi connectivity index (χ4v) is 3.68. The highest BCUT2D eigenvalue weighted by atomic mass is 16.6. The topological polar surface area (TPSA) is 90.4 Å². The molecule has 1 heterocycles. The van der Waals surface area contributed by atoms with Crippen LogP contribution < -0.4 is 4.74 Å². The molecule has 31 heavy (non-hydrogen) atoms. The summed E-state index contributed by atoms with van der Waals surface area (Å²) in [6, 6.07) is 19.6. The van der Waals surface area contributed by atoms with Crippen molar-refractivity contribution in [2.45, 2.75) is 12.8 Å². The second-order valence-electron chi connectivity index (χ2n) is 7.15. The molecule has 7 heteroatoms. The number of methoxy groups -OCH3 is 1. The Morgan fingerprint density at radius 2 is 1.87 bits per heavy atom. The Balaban J connectivity index is 1.75. The molecule has 0 saturated carbocycles. The zero-order chi connectivity index (χ0) is 22.0. The van der Waals surface area contributed by atoms with Crippen LogP contribution in [0.4, 0.5) is 5.69 Å². The standard InChI is InChI=1S/C24H21N3O4/c1-16(17-7-9-19(10-8-17)26-14-4-13-25-26)21-11-12-22(31-2)23(24(21)28)18-5-3-6-20(15-18)27(29)30/h3-16,28H,1-2H3. The van der Waals surface area contributed by atoms with Gasteiger partial charge in [0.1, 0.15) is 11.5 Å². The molecule has 0 fully saturated rings. The number of nitro benzene ring substituents is 1. The Morgan fingerprint density at radius 1 is 1.10 bits per heavy atom. The molecule has 0 bridgehead atoms. The minimum Gasteiger partial charge on any atom is -0.507 e. The normalized spacial score (nSPS) is 11.8. The number of phenolic OH excluding ortho intramolecular Hbond substituents is 1. The van der Waals surface area contributed by atoms with Crippen LogP contribution in [0.25, 0.3) is 16.8 Å². The first-order valence-electron chi connectivity index (χ1n) is 9.74. The molecule has 0 aliphatic carbocycles. The van der Waals surface area contributed by atoms with E-state index in [2.05, 4.69) is 5.10 Å². The van der Waals surface area contributed by atoms with Crippen LogP contribution in [0, 0.1) is 10.1 Å². The van der Waals surface area contributed by atoms with Crippen LogP contribution in [-0.2, 0) is 0 Å². The van der Waals surface area contributed by atoms with Crippen molar-refractivity contribution in [2.24, 2.45) is 0 Å². The van der Waals surface area contributed by atoms with Gasteiger partial charge in [-0.25, -0.2) is 4.68 Å². The van der Waals surface area contributed by atoms with E-state index in [1.807, 2.05) is 49.5 Å². The Hall–Kier alpha value is -4.13. The minimum atomic E-state index is -0.458. The molecule has 3 aromatic carbocycles. The Kier molecular flexibility index (Phi) is 5.41. The van der Waals surface area contributed by atoms with Gasteiger partial charge in [0.2, 0.25) is 0 Å². The molecule has 1 unspecified atom stereocenters. The average Bonchev–Trinajstić information content (AvgIpc) is 3.33. The van der Waals surface area contributed by atoms with E-state index in [0.717, 1.165) is 11.3 Å². The van der Waals surface area contributed by atoms with Gasteiger partial charge in [-0.2, -0.15) is 5.10 Å². The first kappa shape index (κ1) is 20.2. The van der Waals surface area contributed by atoms with Gasteiger partial charge in [0.05, 0.1) is 23.3 Å². The maximum absolute atomic E-state index is 11.2. The third kappa shape index (κ3) is 3.85. The van der Waals surface area contributed by atoms with Crippen LogP contribution in [0.1, 0.15) is 24.0 Å². The molecule has 4 aromatic rings. The Bertz CT molecular complexity index is 1220. The SMILES string of the molecule is COc1ccc(C(C)c2ccc(-n3cccn3)cc2)c(O)c1-c1cccc([N+](=O)[O-])c1. The highest BCUT2D eigenvalue weighted by Gasteiger charge is 2.21. The number of nitrogens with zero attached hydrogens (tertiary/aromatic N) is 3. The second kappa shape index (κ2) is 8.31. The summed E-state index contributed by atoms with van der Waals surface area (Å²) in [6.45, 7) is 2.00.